The van der Waals surface area contributed by atoms with Crippen LogP contribution < -0.4 is 10.6 Å². The van der Waals surface area contributed by atoms with Gasteiger partial charge < -0.3 is 15.5 Å². The molecular formula is C21H32N4O4S. The molecular weight excluding hydrogens is 404 g/mol. The quantitative estimate of drug-likeness (QED) is 0.275. The fourth-order valence-electron chi connectivity index (χ4n) is 4.22. The van der Waals surface area contributed by atoms with Crippen molar-refractivity contribution in [3.05, 3.63) is 12.2 Å². The van der Waals surface area contributed by atoms with E-state index >= 15 is 0 Å². The topological polar surface area (TPSA) is 98.8 Å². The van der Waals surface area contributed by atoms with E-state index in [0.29, 0.717) is 30.8 Å². The molecule has 166 valence electrons. The van der Waals surface area contributed by atoms with Crippen molar-refractivity contribution in [3.63, 3.8) is 0 Å². The lowest BCUT2D eigenvalue weighted by Gasteiger charge is -2.17. The molecule has 9 heteroatoms. The first kappa shape index (κ1) is 22.7. The summed E-state index contributed by atoms with van der Waals surface area (Å²) in [7, 11) is 1.86. The maximum Gasteiger partial charge on any atom is 0.317 e. The zero-order valence-corrected chi connectivity index (χ0v) is 18.4. The number of carbonyl (C=O) groups is 4. The smallest absolute Gasteiger partial charge is 0.317 e. The standard InChI is InChI=1S/C21H32N4O4S/c1-24-15-14-30-16(20(15)23-21(24)29)8-4-5-9-17(26)22-12-6-2-3-7-13-25-18(27)10-11-19(25)28/h10-11,15-16,20H,2-9,12-14H2,1H3,(H,22,26)(H,23,29)/t15-,16?,20-/m0/s1. The third-order valence-corrected chi connectivity index (χ3v) is 7.57. The summed E-state index contributed by atoms with van der Waals surface area (Å²) in [6, 6.07) is 0.591. The Balaban J connectivity index is 1.15. The van der Waals surface area contributed by atoms with Crippen molar-refractivity contribution in [2.24, 2.45) is 0 Å². The summed E-state index contributed by atoms with van der Waals surface area (Å²) < 4.78 is 0. The van der Waals surface area contributed by atoms with Gasteiger partial charge in [-0.3, -0.25) is 19.3 Å². The molecule has 3 atom stereocenters. The van der Waals surface area contributed by atoms with Crippen LogP contribution >= 0.6 is 11.8 Å². The largest absolute Gasteiger partial charge is 0.356 e. The lowest BCUT2D eigenvalue weighted by molar-refractivity contribution is -0.136. The first-order chi connectivity index (χ1) is 14.5. The Bertz CT molecular complexity index is 680. The number of rotatable bonds is 12. The molecule has 0 spiro atoms. The highest BCUT2D eigenvalue weighted by Gasteiger charge is 2.46. The van der Waals surface area contributed by atoms with Gasteiger partial charge in [-0.25, -0.2) is 4.79 Å². The minimum atomic E-state index is -0.223. The van der Waals surface area contributed by atoms with Gasteiger partial charge >= 0.3 is 6.03 Å². The number of fused-ring (bicyclic) bond motifs is 1. The van der Waals surface area contributed by atoms with Crippen molar-refractivity contribution in [1.82, 2.24) is 20.4 Å². The third kappa shape index (κ3) is 5.77. The van der Waals surface area contributed by atoms with Crippen LogP contribution in [0, 0.1) is 0 Å². The molecule has 0 aromatic carbocycles. The Morgan fingerprint density at radius 3 is 2.60 bits per heavy atom. The average Bonchev–Trinajstić information content (AvgIpc) is 3.35. The van der Waals surface area contributed by atoms with Gasteiger partial charge in [-0.15, -0.1) is 0 Å². The molecule has 0 aliphatic carbocycles. The fourth-order valence-corrected chi connectivity index (χ4v) is 5.89. The summed E-state index contributed by atoms with van der Waals surface area (Å²) in [6.45, 7) is 1.14. The minimum absolute atomic E-state index is 0.0321. The molecule has 5 amide bonds. The van der Waals surface area contributed by atoms with Crippen molar-refractivity contribution in [2.45, 2.75) is 68.7 Å². The molecule has 3 heterocycles. The summed E-state index contributed by atoms with van der Waals surface area (Å²) in [6.07, 6.45) is 9.66. The Kier molecular flexibility index (Phi) is 8.18. The lowest BCUT2D eigenvalue weighted by Crippen LogP contribution is -2.37. The molecule has 2 N–H and O–H groups in total. The van der Waals surface area contributed by atoms with E-state index in [1.165, 1.54) is 17.1 Å². The number of likely N-dealkylation sites (N-methyl/N-ethyl adjacent to an activating group) is 1. The molecule has 8 nitrogen and oxygen atoms in total. The predicted molar refractivity (Wildman–Crippen MR) is 116 cm³/mol. The normalized spacial score (nSPS) is 25.2. The summed E-state index contributed by atoms with van der Waals surface area (Å²) in [5.74, 6) is 0.644. The van der Waals surface area contributed by atoms with Crippen LogP contribution in [0.25, 0.3) is 0 Å². The van der Waals surface area contributed by atoms with E-state index in [2.05, 4.69) is 10.6 Å². The number of hydrogen-bond acceptors (Lipinski definition) is 5. The first-order valence-electron chi connectivity index (χ1n) is 10.9. The van der Waals surface area contributed by atoms with E-state index in [1.807, 2.05) is 23.7 Å². The summed E-state index contributed by atoms with van der Waals surface area (Å²) >= 11 is 1.93. The van der Waals surface area contributed by atoms with Crippen LogP contribution in [0.2, 0.25) is 0 Å². The molecule has 0 aromatic heterocycles. The molecule has 0 aromatic rings. The van der Waals surface area contributed by atoms with Crippen LogP contribution in [0.4, 0.5) is 4.79 Å². The van der Waals surface area contributed by atoms with Gasteiger partial charge in [0.05, 0.1) is 12.1 Å². The zero-order valence-electron chi connectivity index (χ0n) is 17.6. The van der Waals surface area contributed by atoms with Gasteiger partial charge in [0.25, 0.3) is 11.8 Å². The first-order valence-corrected chi connectivity index (χ1v) is 12.0. The van der Waals surface area contributed by atoms with Gasteiger partial charge in [-0.2, -0.15) is 11.8 Å². The number of nitrogens with one attached hydrogen (secondary N) is 2. The molecule has 2 saturated heterocycles. The summed E-state index contributed by atoms with van der Waals surface area (Å²) in [5.41, 5.74) is 0. The van der Waals surface area contributed by atoms with Gasteiger partial charge in [-0.1, -0.05) is 19.3 Å². The number of thioether (sulfide) groups is 1. The number of unbranched alkanes of at least 4 members (excludes halogenated alkanes) is 4. The number of carbonyl (C=O) groups excluding carboxylic acids is 4. The van der Waals surface area contributed by atoms with E-state index < -0.39 is 0 Å². The maximum atomic E-state index is 12.0. The number of amides is 5. The Labute approximate surface area is 182 Å². The van der Waals surface area contributed by atoms with Crippen LogP contribution in [0.5, 0.6) is 0 Å². The second-order valence-corrected chi connectivity index (χ2v) is 9.47. The van der Waals surface area contributed by atoms with Crippen LogP contribution in [0.15, 0.2) is 12.2 Å². The minimum Gasteiger partial charge on any atom is -0.356 e. The highest BCUT2D eigenvalue weighted by Crippen LogP contribution is 2.36. The summed E-state index contributed by atoms with van der Waals surface area (Å²) in [5, 5.41) is 6.50. The number of hydrogen-bond donors (Lipinski definition) is 2. The van der Waals surface area contributed by atoms with Gasteiger partial charge in [-0.05, 0) is 25.7 Å². The van der Waals surface area contributed by atoms with Crippen molar-refractivity contribution < 1.29 is 19.2 Å². The van der Waals surface area contributed by atoms with E-state index in [-0.39, 0.29) is 29.8 Å². The van der Waals surface area contributed by atoms with E-state index in [0.717, 1.165) is 50.7 Å². The molecule has 3 rings (SSSR count). The molecule has 2 fully saturated rings. The van der Waals surface area contributed by atoms with Gasteiger partial charge in [0.15, 0.2) is 0 Å². The van der Waals surface area contributed by atoms with Gasteiger partial charge in [0.2, 0.25) is 5.91 Å². The zero-order chi connectivity index (χ0) is 21.5. The molecule has 0 radical (unpaired) electrons. The predicted octanol–water partition coefficient (Wildman–Crippen LogP) is 1.66. The van der Waals surface area contributed by atoms with Crippen molar-refractivity contribution in [1.29, 1.82) is 0 Å². The molecule has 0 bridgehead atoms. The number of nitrogens with zero attached hydrogens (tertiary/aromatic N) is 2. The van der Waals surface area contributed by atoms with Crippen LogP contribution in [-0.2, 0) is 14.4 Å². The van der Waals surface area contributed by atoms with Gasteiger partial charge in [0, 0.05) is 49.7 Å². The van der Waals surface area contributed by atoms with Crippen molar-refractivity contribution in [2.75, 3.05) is 25.9 Å². The number of imide groups is 1. The SMILES string of the molecule is CN1C(=O)N[C@@H]2C(CCCCC(=O)NCCCCCCN3C(=O)C=CC3=O)SC[C@@H]21. The van der Waals surface area contributed by atoms with E-state index in [9.17, 15) is 19.2 Å². The molecule has 1 unspecified atom stereocenters. The van der Waals surface area contributed by atoms with E-state index in [1.54, 1.807) is 0 Å². The average molecular weight is 437 g/mol. The Morgan fingerprint density at radius 1 is 1.10 bits per heavy atom. The highest BCUT2D eigenvalue weighted by atomic mass is 32.2. The van der Waals surface area contributed by atoms with Crippen LogP contribution in [0.1, 0.15) is 51.4 Å². The fraction of sp³-hybridized carbons (Fsp3) is 0.714. The Hall–Kier alpha value is -2.03. The molecule has 30 heavy (non-hydrogen) atoms. The van der Waals surface area contributed by atoms with Crippen LogP contribution in [0.3, 0.4) is 0 Å². The second kappa shape index (κ2) is 10.8. The molecule has 0 saturated carbocycles. The van der Waals surface area contributed by atoms with Crippen molar-refractivity contribution in [3.8, 4) is 0 Å². The number of urea groups is 1. The van der Waals surface area contributed by atoms with E-state index in [4.69, 9.17) is 0 Å². The molecule has 3 aliphatic rings. The summed E-state index contributed by atoms with van der Waals surface area (Å²) in [4.78, 5) is 49.7. The third-order valence-electron chi connectivity index (χ3n) is 6.08. The monoisotopic (exact) mass is 436 g/mol. The lowest BCUT2D eigenvalue weighted by atomic mass is 10.0. The highest BCUT2D eigenvalue weighted by molar-refractivity contribution is 8.00. The van der Waals surface area contributed by atoms with Crippen molar-refractivity contribution >= 4 is 35.5 Å². The molecule has 3 aliphatic heterocycles. The Morgan fingerprint density at radius 2 is 1.83 bits per heavy atom. The van der Waals surface area contributed by atoms with Gasteiger partial charge in [0.1, 0.15) is 0 Å². The maximum absolute atomic E-state index is 12.0. The second-order valence-electron chi connectivity index (χ2n) is 8.20. The van der Waals surface area contributed by atoms with Crippen LogP contribution in [-0.4, -0.2) is 76.8 Å².